The molecule has 0 radical (unpaired) electrons. The smallest absolute Gasteiger partial charge is 0.223 e. The molecular weight excluding hydrogens is 321 g/mol. The molecule has 1 atom stereocenters. The van der Waals surface area contributed by atoms with Gasteiger partial charge in [-0.05, 0) is 49.9 Å². The fourth-order valence-corrected chi connectivity index (χ4v) is 3.41. The first-order chi connectivity index (χ1) is 11.9. The molecule has 0 saturated heterocycles. The molecule has 1 aliphatic rings. The van der Waals surface area contributed by atoms with Crippen LogP contribution in [0.2, 0.25) is 0 Å². The molecule has 1 fully saturated rings. The molecule has 1 heterocycles. The van der Waals surface area contributed by atoms with E-state index in [-0.39, 0.29) is 18.4 Å². The summed E-state index contributed by atoms with van der Waals surface area (Å²) in [5, 5.41) is 17.3. The van der Waals surface area contributed by atoms with Crippen molar-refractivity contribution < 1.29 is 14.3 Å². The standard InChI is InChI=1S/C19H24FN3O2/c1-13-11-21-23(12-13)17-6-5-15(9-16(17)20)14(2)22-18(24)10-19(25)7-3-4-8-19/h5-6,9,11-12,14,25H,3-4,7-8,10H2,1-2H3,(H,22,24). The van der Waals surface area contributed by atoms with Crippen molar-refractivity contribution in [2.45, 2.75) is 57.6 Å². The Morgan fingerprint density at radius 2 is 2.16 bits per heavy atom. The average Bonchev–Trinajstić information content (AvgIpc) is 3.15. The number of halogens is 1. The normalized spacial score (nSPS) is 17.4. The second-order valence-electron chi connectivity index (χ2n) is 7.07. The van der Waals surface area contributed by atoms with Crippen molar-refractivity contribution in [1.82, 2.24) is 15.1 Å². The van der Waals surface area contributed by atoms with Crippen LogP contribution in [0, 0.1) is 12.7 Å². The second kappa shape index (κ2) is 6.96. The fourth-order valence-electron chi connectivity index (χ4n) is 3.41. The number of carbonyl (C=O) groups excluding carboxylic acids is 1. The second-order valence-corrected chi connectivity index (χ2v) is 7.07. The molecule has 0 spiro atoms. The maximum atomic E-state index is 14.4. The molecule has 1 aromatic carbocycles. The van der Waals surface area contributed by atoms with Crippen molar-refractivity contribution in [3.05, 3.63) is 47.5 Å². The molecule has 134 valence electrons. The number of rotatable bonds is 5. The largest absolute Gasteiger partial charge is 0.389 e. The van der Waals surface area contributed by atoms with Crippen molar-refractivity contribution in [3.63, 3.8) is 0 Å². The highest BCUT2D eigenvalue weighted by atomic mass is 19.1. The van der Waals surface area contributed by atoms with Crippen molar-refractivity contribution in [2.24, 2.45) is 0 Å². The van der Waals surface area contributed by atoms with Gasteiger partial charge in [-0.3, -0.25) is 4.79 Å². The summed E-state index contributed by atoms with van der Waals surface area (Å²) >= 11 is 0. The summed E-state index contributed by atoms with van der Waals surface area (Å²) in [4.78, 5) is 12.2. The van der Waals surface area contributed by atoms with E-state index in [2.05, 4.69) is 10.4 Å². The van der Waals surface area contributed by atoms with E-state index in [0.717, 1.165) is 18.4 Å². The number of nitrogens with zero attached hydrogens (tertiary/aromatic N) is 2. The van der Waals surface area contributed by atoms with E-state index in [0.29, 0.717) is 24.1 Å². The van der Waals surface area contributed by atoms with E-state index in [4.69, 9.17) is 0 Å². The molecule has 5 nitrogen and oxygen atoms in total. The number of hydrogen-bond donors (Lipinski definition) is 2. The third kappa shape index (κ3) is 4.07. The Morgan fingerprint density at radius 1 is 1.44 bits per heavy atom. The summed E-state index contributed by atoms with van der Waals surface area (Å²) in [7, 11) is 0. The number of aromatic nitrogens is 2. The van der Waals surface area contributed by atoms with Gasteiger partial charge < -0.3 is 10.4 Å². The van der Waals surface area contributed by atoms with Crippen LogP contribution in [0.3, 0.4) is 0 Å². The first kappa shape index (κ1) is 17.6. The molecule has 25 heavy (non-hydrogen) atoms. The lowest BCUT2D eigenvalue weighted by atomic mass is 9.97. The molecule has 1 aromatic heterocycles. The van der Waals surface area contributed by atoms with Gasteiger partial charge in [-0.25, -0.2) is 9.07 Å². The maximum Gasteiger partial charge on any atom is 0.223 e. The highest BCUT2D eigenvalue weighted by Gasteiger charge is 2.33. The van der Waals surface area contributed by atoms with Crippen molar-refractivity contribution in [3.8, 4) is 5.69 Å². The Bertz CT molecular complexity index is 766. The molecule has 3 rings (SSSR count). The average molecular weight is 345 g/mol. The first-order valence-corrected chi connectivity index (χ1v) is 8.69. The van der Waals surface area contributed by atoms with Crippen LogP contribution in [0.25, 0.3) is 5.69 Å². The molecule has 1 amide bonds. The SMILES string of the molecule is Cc1cnn(-c2ccc(C(C)NC(=O)CC3(O)CCCC3)cc2F)c1. The third-order valence-electron chi connectivity index (χ3n) is 4.83. The highest BCUT2D eigenvalue weighted by molar-refractivity contribution is 5.77. The molecule has 1 saturated carbocycles. The van der Waals surface area contributed by atoms with Crippen LogP contribution < -0.4 is 5.32 Å². The summed E-state index contributed by atoms with van der Waals surface area (Å²) < 4.78 is 15.9. The zero-order chi connectivity index (χ0) is 18.0. The molecule has 2 N–H and O–H groups in total. The van der Waals surface area contributed by atoms with Crippen LogP contribution in [0.4, 0.5) is 4.39 Å². The van der Waals surface area contributed by atoms with Gasteiger partial charge in [0.2, 0.25) is 5.91 Å². The zero-order valence-corrected chi connectivity index (χ0v) is 14.6. The third-order valence-corrected chi connectivity index (χ3v) is 4.83. The van der Waals surface area contributed by atoms with Crippen LogP contribution in [0.1, 0.15) is 56.2 Å². The number of benzene rings is 1. The van der Waals surface area contributed by atoms with Gasteiger partial charge in [-0.2, -0.15) is 5.10 Å². The lowest BCUT2D eigenvalue weighted by molar-refractivity contribution is -0.126. The molecular formula is C19H24FN3O2. The van der Waals surface area contributed by atoms with Gasteiger partial charge in [0.1, 0.15) is 11.5 Å². The van der Waals surface area contributed by atoms with Crippen LogP contribution in [-0.2, 0) is 4.79 Å². The topological polar surface area (TPSA) is 67.2 Å². The van der Waals surface area contributed by atoms with Gasteiger partial charge >= 0.3 is 0 Å². The van der Waals surface area contributed by atoms with Crippen molar-refractivity contribution in [2.75, 3.05) is 0 Å². The molecule has 0 aliphatic heterocycles. The predicted octanol–water partition coefficient (Wildman–Crippen LogP) is 3.19. The molecule has 2 aromatic rings. The molecule has 6 heteroatoms. The van der Waals surface area contributed by atoms with E-state index in [9.17, 15) is 14.3 Å². The quantitative estimate of drug-likeness (QED) is 0.874. The number of aryl methyl sites for hydroxylation is 1. The molecule has 1 aliphatic carbocycles. The lowest BCUT2D eigenvalue weighted by Gasteiger charge is -2.23. The van der Waals surface area contributed by atoms with Crippen LogP contribution >= 0.6 is 0 Å². The zero-order valence-electron chi connectivity index (χ0n) is 14.6. The maximum absolute atomic E-state index is 14.4. The lowest BCUT2D eigenvalue weighted by Crippen LogP contribution is -2.35. The summed E-state index contributed by atoms with van der Waals surface area (Å²) in [6, 6.07) is 4.52. The minimum Gasteiger partial charge on any atom is -0.389 e. The summed E-state index contributed by atoms with van der Waals surface area (Å²) in [6.07, 6.45) is 6.78. The molecule has 1 unspecified atom stereocenters. The predicted molar refractivity (Wildman–Crippen MR) is 92.9 cm³/mol. The van der Waals surface area contributed by atoms with Crippen molar-refractivity contribution >= 4 is 5.91 Å². The highest BCUT2D eigenvalue weighted by Crippen LogP contribution is 2.32. The number of nitrogens with one attached hydrogen (secondary N) is 1. The Kier molecular flexibility index (Phi) is 4.90. The Balaban J connectivity index is 1.67. The minimum atomic E-state index is -0.878. The summed E-state index contributed by atoms with van der Waals surface area (Å²) in [5.74, 6) is -0.597. The van der Waals surface area contributed by atoms with Crippen LogP contribution in [0.5, 0.6) is 0 Å². The number of hydrogen-bond acceptors (Lipinski definition) is 3. The van der Waals surface area contributed by atoms with Gasteiger partial charge in [0.25, 0.3) is 0 Å². The van der Waals surface area contributed by atoms with Gasteiger partial charge in [0.05, 0.1) is 24.3 Å². The minimum absolute atomic E-state index is 0.102. The van der Waals surface area contributed by atoms with E-state index < -0.39 is 11.4 Å². The van der Waals surface area contributed by atoms with Crippen molar-refractivity contribution in [1.29, 1.82) is 0 Å². The van der Waals surface area contributed by atoms with Gasteiger partial charge in [-0.1, -0.05) is 18.9 Å². The van der Waals surface area contributed by atoms with Crippen LogP contribution in [-0.4, -0.2) is 26.4 Å². The Hall–Kier alpha value is -2.21. The van der Waals surface area contributed by atoms with Gasteiger partial charge in [-0.15, -0.1) is 0 Å². The summed E-state index contributed by atoms with van der Waals surface area (Å²) in [5.41, 5.74) is 1.12. The van der Waals surface area contributed by atoms with Crippen LogP contribution in [0.15, 0.2) is 30.6 Å². The number of amides is 1. The Labute approximate surface area is 146 Å². The Morgan fingerprint density at radius 3 is 2.76 bits per heavy atom. The molecule has 0 bridgehead atoms. The first-order valence-electron chi connectivity index (χ1n) is 8.69. The fraction of sp³-hybridized carbons (Fsp3) is 0.474. The number of carbonyl (C=O) groups is 1. The van der Waals surface area contributed by atoms with E-state index in [1.165, 1.54) is 10.7 Å². The van der Waals surface area contributed by atoms with E-state index >= 15 is 0 Å². The van der Waals surface area contributed by atoms with Gasteiger partial charge in [0.15, 0.2) is 0 Å². The van der Waals surface area contributed by atoms with E-state index in [1.54, 1.807) is 24.5 Å². The number of aliphatic hydroxyl groups is 1. The van der Waals surface area contributed by atoms with Gasteiger partial charge in [0, 0.05) is 6.20 Å². The summed E-state index contributed by atoms with van der Waals surface area (Å²) in [6.45, 7) is 3.70. The monoisotopic (exact) mass is 345 g/mol. The van der Waals surface area contributed by atoms with E-state index in [1.807, 2.05) is 13.8 Å².